The number of nitrogens with two attached hydrogens (primary N) is 1. The summed E-state index contributed by atoms with van der Waals surface area (Å²) in [5, 5.41) is 7.50. The maximum atomic E-state index is 11.1. The van der Waals surface area contributed by atoms with Gasteiger partial charge in [0.15, 0.2) is 0 Å². The average Bonchev–Trinajstić information content (AvgIpc) is 2.86. The van der Waals surface area contributed by atoms with Crippen molar-refractivity contribution in [1.82, 2.24) is 10.4 Å². The number of carbonyl (C=O) groups is 1. The molecule has 5 nitrogen and oxygen atoms in total. The molecule has 0 aromatic carbocycles. The number of nitrogens with one attached hydrogen (secondary N) is 1. The third-order valence-electron chi connectivity index (χ3n) is 1.97. The summed E-state index contributed by atoms with van der Waals surface area (Å²) in [5.41, 5.74) is 3.00. The highest BCUT2D eigenvalue weighted by Gasteiger charge is 2.20. The highest BCUT2D eigenvalue weighted by molar-refractivity contribution is 7.12. The van der Waals surface area contributed by atoms with E-state index < -0.39 is 0 Å². The Bertz CT molecular complexity index is 359. The van der Waals surface area contributed by atoms with Crippen LogP contribution in [0.3, 0.4) is 0 Å². The van der Waals surface area contributed by atoms with Crippen LogP contribution in [0.1, 0.15) is 11.3 Å². The van der Waals surface area contributed by atoms with Crippen molar-refractivity contribution in [3.05, 3.63) is 22.4 Å². The Balaban J connectivity index is 2.14. The molecule has 2 heterocycles. The zero-order chi connectivity index (χ0) is 9.97. The van der Waals surface area contributed by atoms with Crippen molar-refractivity contribution in [3.63, 3.8) is 0 Å². The molecule has 0 spiro atoms. The number of carbonyl (C=O) groups excluding carboxylic acids is 1. The Hall–Kier alpha value is -1.40. The van der Waals surface area contributed by atoms with Gasteiger partial charge in [-0.25, -0.2) is 15.6 Å². The number of hydrogen-bond acceptors (Lipinski definition) is 4. The van der Waals surface area contributed by atoms with E-state index in [1.165, 1.54) is 5.01 Å². The van der Waals surface area contributed by atoms with Crippen LogP contribution >= 0.6 is 11.3 Å². The number of hydrazine groups is 1. The van der Waals surface area contributed by atoms with Crippen LogP contribution < -0.4 is 11.3 Å². The lowest BCUT2D eigenvalue weighted by molar-refractivity contribution is 0.205. The Morgan fingerprint density at radius 3 is 3.21 bits per heavy atom. The van der Waals surface area contributed by atoms with Crippen LogP contribution in [-0.4, -0.2) is 23.3 Å². The molecule has 0 unspecified atom stereocenters. The zero-order valence-corrected chi connectivity index (χ0v) is 8.25. The second-order valence-electron chi connectivity index (χ2n) is 2.85. The van der Waals surface area contributed by atoms with Crippen molar-refractivity contribution in [2.45, 2.75) is 6.42 Å². The molecular formula is C8H10N4OS. The molecule has 1 aliphatic heterocycles. The van der Waals surface area contributed by atoms with Crippen LogP contribution in [0.4, 0.5) is 4.79 Å². The van der Waals surface area contributed by atoms with E-state index in [1.807, 2.05) is 17.5 Å². The average molecular weight is 210 g/mol. The second kappa shape index (κ2) is 3.77. The molecule has 14 heavy (non-hydrogen) atoms. The van der Waals surface area contributed by atoms with Crippen molar-refractivity contribution >= 4 is 23.1 Å². The van der Waals surface area contributed by atoms with E-state index in [1.54, 1.807) is 11.3 Å². The minimum absolute atomic E-state index is 0.364. The summed E-state index contributed by atoms with van der Waals surface area (Å²) in [7, 11) is 0. The molecule has 2 rings (SSSR count). The highest BCUT2D eigenvalue weighted by Crippen LogP contribution is 2.17. The van der Waals surface area contributed by atoms with Crippen LogP contribution in [0, 0.1) is 0 Å². The number of thiophene rings is 1. The van der Waals surface area contributed by atoms with E-state index in [0.717, 1.165) is 17.0 Å². The predicted octanol–water partition coefficient (Wildman–Crippen LogP) is 0.741. The van der Waals surface area contributed by atoms with E-state index in [0.29, 0.717) is 6.54 Å². The van der Waals surface area contributed by atoms with Crippen LogP contribution in [-0.2, 0) is 0 Å². The van der Waals surface area contributed by atoms with Gasteiger partial charge < -0.3 is 0 Å². The third-order valence-corrected chi connectivity index (χ3v) is 2.88. The second-order valence-corrected chi connectivity index (χ2v) is 3.79. The first-order chi connectivity index (χ1) is 6.81. The van der Waals surface area contributed by atoms with Crippen LogP contribution in [0.25, 0.3) is 0 Å². The Morgan fingerprint density at radius 2 is 2.57 bits per heavy atom. The fourth-order valence-corrected chi connectivity index (χ4v) is 2.03. The first-order valence-electron chi connectivity index (χ1n) is 4.20. The van der Waals surface area contributed by atoms with Crippen molar-refractivity contribution < 1.29 is 4.79 Å². The van der Waals surface area contributed by atoms with Gasteiger partial charge in [-0.15, -0.1) is 11.3 Å². The normalized spacial score (nSPS) is 15.5. The molecular weight excluding hydrogens is 200 g/mol. The smallest absolute Gasteiger partial charge is 0.274 e. The molecule has 2 amide bonds. The minimum atomic E-state index is -0.364. The lowest BCUT2D eigenvalue weighted by Gasteiger charge is -2.08. The number of amides is 2. The van der Waals surface area contributed by atoms with E-state index in [-0.39, 0.29) is 6.03 Å². The molecule has 0 saturated carbocycles. The van der Waals surface area contributed by atoms with Crippen LogP contribution in [0.5, 0.6) is 0 Å². The first-order valence-corrected chi connectivity index (χ1v) is 5.08. The largest absolute Gasteiger partial charge is 0.351 e. The topological polar surface area (TPSA) is 70.7 Å². The number of urea groups is 1. The Morgan fingerprint density at radius 1 is 1.71 bits per heavy atom. The number of nitrogens with zero attached hydrogens (tertiary/aromatic N) is 2. The van der Waals surface area contributed by atoms with Gasteiger partial charge in [0.2, 0.25) is 0 Å². The van der Waals surface area contributed by atoms with Gasteiger partial charge in [-0.05, 0) is 11.4 Å². The molecule has 1 aliphatic rings. The quantitative estimate of drug-likeness (QED) is 0.408. The fraction of sp³-hybridized carbons (Fsp3) is 0.250. The van der Waals surface area contributed by atoms with E-state index in [4.69, 9.17) is 5.84 Å². The van der Waals surface area contributed by atoms with Gasteiger partial charge in [-0.2, -0.15) is 5.10 Å². The van der Waals surface area contributed by atoms with Gasteiger partial charge >= 0.3 is 6.03 Å². The predicted molar refractivity (Wildman–Crippen MR) is 54.9 cm³/mol. The summed E-state index contributed by atoms with van der Waals surface area (Å²) in [6.07, 6.45) is 0.786. The summed E-state index contributed by atoms with van der Waals surface area (Å²) in [5.74, 6) is 5.01. The fourth-order valence-electron chi connectivity index (χ4n) is 1.29. The van der Waals surface area contributed by atoms with Crippen LogP contribution in [0.15, 0.2) is 22.6 Å². The number of hydrazone groups is 1. The van der Waals surface area contributed by atoms with Gasteiger partial charge in [-0.1, -0.05) is 6.07 Å². The summed E-state index contributed by atoms with van der Waals surface area (Å²) in [6.45, 7) is 0.594. The summed E-state index contributed by atoms with van der Waals surface area (Å²) >= 11 is 1.62. The van der Waals surface area contributed by atoms with E-state index in [9.17, 15) is 4.79 Å². The van der Waals surface area contributed by atoms with Gasteiger partial charge in [0.25, 0.3) is 0 Å². The SMILES string of the molecule is NNC(=O)N1CCC(c2cccs2)=N1. The molecule has 6 heteroatoms. The molecule has 1 aromatic heterocycles. The van der Waals surface area contributed by atoms with Gasteiger partial charge in [0, 0.05) is 6.42 Å². The van der Waals surface area contributed by atoms with E-state index >= 15 is 0 Å². The Labute approximate surface area is 85.2 Å². The van der Waals surface area contributed by atoms with Gasteiger partial charge in [-0.3, -0.25) is 5.43 Å². The first kappa shape index (κ1) is 9.17. The molecule has 0 fully saturated rings. The standard InChI is InChI=1S/C8H10N4OS/c9-10-8(13)12-4-3-6(11-12)7-2-1-5-14-7/h1-2,5H,3-4,9H2,(H,10,13). The molecule has 0 aliphatic carbocycles. The number of hydrogen-bond donors (Lipinski definition) is 2. The molecule has 74 valence electrons. The summed E-state index contributed by atoms with van der Waals surface area (Å²) in [6, 6.07) is 3.60. The van der Waals surface area contributed by atoms with E-state index in [2.05, 4.69) is 10.5 Å². The maximum Gasteiger partial charge on any atom is 0.351 e. The molecule has 0 radical (unpaired) electrons. The molecule has 3 N–H and O–H groups in total. The van der Waals surface area contributed by atoms with Crippen LogP contribution in [0.2, 0.25) is 0 Å². The lowest BCUT2D eigenvalue weighted by Crippen LogP contribution is -2.39. The van der Waals surface area contributed by atoms with Crippen molar-refractivity contribution in [2.24, 2.45) is 10.9 Å². The van der Waals surface area contributed by atoms with Gasteiger partial charge in [0.1, 0.15) is 0 Å². The lowest BCUT2D eigenvalue weighted by atomic mass is 10.2. The Kier molecular flexibility index (Phi) is 2.47. The molecule has 0 bridgehead atoms. The maximum absolute atomic E-state index is 11.1. The van der Waals surface area contributed by atoms with Crippen molar-refractivity contribution in [3.8, 4) is 0 Å². The van der Waals surface area contributed by atoms with Crippen molar-refractivity contribution in [2.75, 3.05) is 6.54 Å². The molecule has 1 aromatic rings. The summed E-state index contributed by atoms with van der Waals surface area (Å²) < 4.78 is 0. The third kappa shape index (κ3) is 1.61. The zero-order valence-electron chi connectivity index (χ0n) is 7.43. The molecule has 0 atom stereocenters. The van der Waals surface area contributed by atoms with Gasteiger partial charge in [0.05, 0.1) is 17.1 Å². The highest BCUT2D eigenvalue weighted by atomic mass is 32.1. The molecule has 0 saturated heterocycles. The summed E-state index contributed by atoms with van der Waals surface area (Å²) in [4.78, 5) is 12.2. The minimum Gasteiger partial charge on any atom is -0.274 e. The number of rotatable bonds is 1. The van der Waals surface area contributed by atoms with Crippen molar-refractivity contribution in [1.29, 1.82) is 0 Å². The monoisotopic (exact) mass is 210 g/mol.